The predicted molar refractivity (Wildman–Crippen MR) is 85.0 cm³/mol. The van der Waals surface area contributed by atoms with Crippen molar-refractivity contribution in [2.45, 2.75) is 24.5 Å². The van der Waals surface area contributed by atoms with Gasteiger partial charge in [-0.1, -0.05) is 36.1 Å². The highest BCUT2D eigenvalue weighted by Gasteiger charge is 2.05. The molecule has 0 fully saturated rings. The van der Waals surface area contributed by atoms with Crippen LogP contribution in [0.4, 0.5) is 0 Å². The Bertz CT molecular complexity index is 344. The van der Waals surface area contributed by atoms with Crippen LogP contribution in [0.5, 0.6) is 0 Å². The van der Waals surface area contributed by atoms with E-state index >= 15 is 0 Å². The van der Waals surface area contributed by atoms with Crippen LogP contribution in [0.1, 0.15) is 19.4 Å². The molecule has 4 heteroatoms. The van der Waals surface area contributed by atoms with Crippen LogP contribution in [0.3, 0.4) is 0 Å². The summed E-state index contributed by atoms with van der Waals surface area (Å²) in [4.78, 5) is 3.53. The Hall–Kier alpha value is -0.190. The summed E-state index contributed by atoms with van der Waals surface area (Å²) in [6, 6.07) is 8.70. The molecule has 1 rings (SSSR count). The quantitative estimate of drug-likeness (QED) is 0.587. The second kappa shape index (κ2) is 8.01. The maximum absolute atomic E-state index is 5.41. The molecule has 0 aliphatic carbocycles. The zero-order valence-corrected chi connectivity index (χ0v) is 13.1. The Kier molecular flexibility index (Phi) is 7.00. The van der Waals surface area contributed by atoms with Crippen molar-refractivity contribution >= 4 is 40.1 Å². The molecule has 0 aliphatic heterocycles. The van der Waals surface area contributed by atoms with Gasteiger partial charge < -0.3 is 4.90 Å². The molecular weight excluding hydrogens is 266 g/mol. The summed E-state index contributed by atoms with van der Waals surface area (Å²) in [7, 11) is 0. The molecule has 1 nitrogen and oxygen atoms in total. The van der Waals surface area contributed by atoms with E-state index in [0.29, 0.717) is 0 Å². The van der Waals surface area contributed by atoms with Crippen molar-refractivity contribution in [2.24, 2.45) is 0 Å². The van der Waals surface area contributed by atoms with Gasteiger partial charge in [-0.3, -0.25) is 0 Å². The largest absolute Gasteiger partial charge is 0.358 e. The second-order valence-electron chi connectivity index (χ2n) is 3.57. The van der Waals surface area contributed by atoms with Gasteiger partial charge in [0.05, 0.1) is 0 Å². The highest BCUT2D eigenvalue weighted by Crippen LogP contribution is 2.20. The minimum Gasteiger partial charge on any atom is -0.358 e. The maximum Gasteiger partial charge on any atom is 0.136 e. The first-order chi connectivity index (χ1) is 8.21. The average Bonchev–Trinajstić information content (AvgIpc) is 2.38. The van der Waals surface area contributed by atoms with E-state index in [1.807, 2.05) is 0 Å². The van der Waals surface area contributed by atoms with Crippen molar-refractivity contribution in [1.82, 2.24) is 4.90 Å². The van der Waals surface area contributed by atoms with Crippen LogP contribution in [0.2, 0.25) is 0 Å². The molecule has 0 aromatic heterocycles. The van der Waals surface area contributed by atoms with Crippen LogP contribution in [0.15, 0.2) is 29.2 Å². The van der Waals surface area contributed by atoms with Crippen molar-refractivity contribution in [3.8, 4) is 0 Å². The highest BCUT2D eigenvalue weighted by molar-refractivity contribution is 8.22. The maximum atomic E-state index is 5.41. The lowest BCUT2D eigenvalue weighted by Crippen LogP contribution is -2.26. The lowest BCUT2D eigenvalue weighted by molar-refractivity contribution is 0.482. The number of benzene rings is 1. The third kappa shape index (κ3) is 4.90. The van der Waals surface area contributed by atoms with Crippen molar-refractivity contribution in [3.63, 3.8) is 0 Å². The fraction of sp³-hybridized carbons (Fsp3) is 0.462. The average molecular weight is 286 g/mol. The number of hydrogen-bond acceptors (Lipinski definition) is 3. The molecule has 0 aliphatic rings. The van der Waals surface area contributed by atoms with Crippen molar-refractivity contribution < 1.29 is 0 Å². The zero-order chi connectivity index (χ0) is 12.7. The normalized spacial score (nSPS) is 10.3. The zero-order valence-electron chi connectivity index (χ0n) is 10.6. The molecule has 0 atom stereocenters. The van der Waals surface area contributed by atoms with Gasteiger partial charge in [0.2, 0.25) is 0 Å². The molecule has 17 heavy (non-hydrogen) atoms. The van der Waals surface area contributed by atoms with Gasteiger partial charge >= 0.3 is 0 Å². The minimum atomic E-state index is 0.962. The van der Waals surface area contributed by atoms with E-state index in [1.165, 1.54) is 10.5 Å². The number of hydrogen-bond donors (Lipinski definition) is 0. The van der Waals surface area contributed by atoms with Gasteiger partial charge in [0.25, 0.3) is 0 Å². The molecular formula is C13H19NS3. The smallest absolute Gasteiger partial charge is 0.136 e. The van der Waals surface area contributed by atoms with Gasteiger partial charge in [0.15, 0.2) is 0 Å². The molecule has 1 aromatic carbocycles. The Labute approximate surface area is 118 Å². The van der Waals surface area contributed by atoms with Crippen molar-refractivity contribution in [3.05, 3.63) is 29.8 Å². The second-order valence-corrected chi connectivity index (χ2v) is 6.06. The lowest BCUT2D eigenvalue weighted by atomic mass is 10.2. The van der Waals surface area contributed by atoms with E-state index in [-0.39, 0.29) is 0 Å². The topological polar surface area (TPSA) is 3.24 Å². The fourth-order valence-electron chi connectivity index (χ4n) is 1.44. The Morgan fingerprint density at radius 1 is 1.18 bits per heavy atom. The van der Waals surface area contributed by atoms with Crippen LogP contribution in [0.25, 0.3) is 0 Å². The fourth-order valence-corrected chi connectivity index (χ4v) is 3.21. The molecule has 0 saturated carbocycles. The van der Waals surface area contributed by atoms with Crippen LogP contribution in [-0.4, -0.2) is 28.6 Å². The number of thiocarbonyl (C=S) groups is 1. The van der Waals surface area contributed by atoms with Gasteiger partial charge in [-0.15, -0.1) is 11.8 Å². The van der Waals surface area contributed by atoms with Crippen molar-refractivity contribution in [2.75, 3.05) is 19.3 Å². The Morgan fingerprint density at radius 2 is 1.76 bits per heavy atom. The van der Waals surface area contributed by atoms with Gasteiger partial charge in [-0.05, 0) is 37.8 Å². The summed E-state index contributed by atoms with van der Waals surface area (Å²) in [6.07, 6.45) is 2.10. The van der Waals surface area contributed by atoms with Crippen LogP contribution in [0, 0.1) is 0 Å². The molecule has 1 aromatic rings. The summed E-state index contributed by atoms with van der Waals surface area (Å²) in [5, 5.41) is 0. The predicted octanol–water partition coefficient (Wildman–Crippen LogP) is 4.27. The van der Waals surface area contributed by atoms with E-state index in [1.54, 1.807) is 23.5 Å². The summed E-state index contributed by atoms with van der Waals surface area (Å²) >= 11 is 8.93. The van der Waals surface area contributed by atoms with E-state index in [2.05, 4.69) is 49.3 Å². The molecule has 0 saturated heterocycles. The van der Waals surface area contributed by atoms with E-state index in [9.17, 15) is 0 Å². The molecule has 0 bridgehead atoms. The minimum absolute atomic E-state index is 0.962. The Balaban J connectivity index is 2.46. The van der Waals surface area contributed by atoms with E-state index < -0.39 is 0 Å². The molecule has 94 valence electrons. The van der Waals surface area contributed by atoms with Crippen LogP contribution < -0.4 is 0 Å². The first-order valence-electron chi connectivity index (χ1n) is 5.75. The van der Waals surface area contributed by atoms with Gasteiger partial charge in [0.1, 0.15) is 4.32 Å². The number of thioether (sulfide) groups is 2. The first-order valence-corrected chi connectivity index (χ1v) is 8.37. The molecule has 0 spiro atoms. The standard InChI is InChI=1S/C13H19NS3/c1-4-14(5-2)13(15)17-10-11-6-8-12(16-3)9-7-11/h6-9H,4-5,10H2,1-3H3. The van der Waals surface area contributed by atoms with Crippen LogP contribution in [-0.2, 0) is 5.75 Å². The molecule has 0 radical (unpaired) electrons. The highest BCUT2D eigenvalue weighted by atomic mass is 32.2. The van der Waals surface area contributed by atoms with Crippen molar-refractivity contribution in [1.29, 1.82) is 0 Å². The Morgan fingerprint density at radius 3 is 2.24 bits per heavy atom. The summed E-state index contributed by atoms with van der Waals surface area (Å²) in [5.74, 6) is 0.962. The van der Waals surface area contributed by atoms with E-state index in [4.69, 9.17) is 12.2 Å². The first kappa shape index (κ1) is 14.9. The third-order valence-corrected chi connectivity index (χ3v) is 4.88. The monoisotopic (exact) mass is 285 g/mol. The lowest BCUT2D eigenvalue weighted by Gasteiger charge is -2.20. The van der Waals surface area contributed by atoms with Gasteiger partial charge in [0, 0.05) is 23.7 Å². The molecule has 0 N–H and O–H groups in total. The van der Waals surface area contributed by atoms with Gasteiger partial charge in [-0.2, -0.15) is 0 Å². The van der Waals surface area contributed by atoms with E-state index in [0.717, 1.165) is 23.2 Å². The molecule has 0 unspecified atom stereocenters. The number of rotatable bonds is 5. The SMILES string of the molecule is CCN(CC)C(=S)SCc1ccc(SC)cc1. The summed E-state index contributed by atoms with van der Waals surface area (Å²) < 4.78 is 1.00. The van der Waals surface area contributed by atoms with Gasteiger partial charge in [-0.25, -0.2) is 0 Å². The van der Waals surface area contributed by atoms with Crippen LogP contribution >= 0.6 is 35.7 Å². The number of nitrogens with zero attached hydrogens (tertiary/aromatic N) is 1. The summed E-state index contributed by atoms with van der Waals surface area (Å²) in [6.45, 7) is 6.27. The molecule has 0 heterocycles. The summed E-state index contributed by atoms with van der Waals surface area (Å²) in [5.41, 5.74) is 1.34. The molecule has 0 amide bonds. The third-order valence-electron chi connectivity index (χ3n) is 2.54.